The molecule has 3 rings (SSSR count). The smallest absolute Gasteiger partial charge is 0.248 e. The number of unbranched alkanes of at least 4 members (excludes halogenated alkanes) is 1. The molecule has 6 N–H and O–H groups in total. The van der Waals surface area contributed by atoms with E-state index in [-0.39, 0.29) is 18.4 Å². The second-order valence-electron chi connectivity index (χ2n) is 8.81. The first-order chi connectivity index (χ1) is 17.9. The molecule has 0 aromatic heterocycles. The van der Waals surface area contributed by atoms with E-state index >= 15 is 0 Å². The van der Waals surface area contributed by atoms with Crippen molar-refractivity contribution in [2.75, 3.05) is 0 Å². The molecule has 3 aromatic carbocycles. The van der Waals surface area contributed by atoms with E-state index in [1.54, 1.807) is 48.5 Å². The number of hydrogen-bond donors (Lipinski definition) is 4. The first-order valence-electron chi connectivity index (χ1n) is 12.4. The van der Waals surface area contributed by atoms with Gasteiger partial charge in [0, 0.05) is 12.1 Å². The molecule has 0 bridgehead atoms. The summed E-state index contributed by atoms with van der Waals surface area (Å²) in [5.74, 6) is -0.641. The largest absolute Gasteiger partial charge is 0.489 e. The van der Waals surface area contributed by atoms with Crippen LogP contribution in [0.4, 0.5) is 0 Å². The van der Waals surface area contributed by atoms with Gasteiger partial charge in [-0.2, -0.15) is 0 Å². The Hall–Kier alpha value is -4.17. The zero-order valence-electron chi connectivity index (χ0n) is 21.0. The third kappa shape index (κ3) is 8.47. The number of primary amides is 1. The van der Waals surface area contributed by atoms with E-state index in [0.717, 1.165) is 24.0 Å². The van der Waals surface area contributed by atoms with Gasteiger partial charge in [-0.1, -0.05) is 74.4 Å². The highest BCUT2D eigenvalue weighted by atomic mass is 16.5. The van der Waals surface area contributed by atoms with Crippen molar-refractivity contribution >= 4 is 17.7 Å². The quantitative estimate of drug-likeness (QED) is 0.284. The van der Waals surface area contributed by atoms with Gasteiger partial charge in [0.05, 0.1) is 6.04 Å². The zero-order chi connectivity index (χ0) is 26.6. The summed E-state index contributed by atoms with van der Waals surface area (Å²) in [6, 6.07) is 21.8. The average molecular weight is 503 g/mol. The third-order valence-electron chi connectivity index (χ3n) is 5.92. The van der Waals surface area contributed by atoms with Crippen LogP contribution in [0.2, 0.25) is 0 Å². The molecule has 0 spiro atoms. The van der Waals surface area contributed by atoms with Crippen molar-refractivity contribution in [3.8, 4) is 5.75 Å². The molecule has 37 heavy (non-hydrogen) atoms. The van der Waals surface area contributed by atoms with Crippen molar-refractivity contribution in [1.82, 2.24) is 10.6 Å². The first-order valence-corrected chi connectivity index (χ1v) is 12.4. The summed E-state index contributed by atoms with van der Waals surface area (Å²) >= 11 is 0. The van der Waals surface area contributed by atoms with E-state index in [0.29, 0.717) is 29.9 Å². The minimum Gasteiger partial charge on any atom is -0.489 e. The van der Waals surface area contributed by atoms with Crippen LogP contribution in [0.15, 0.2) is 78.9 Å². The Kier molecular flexibility index (Phi) is 10.2. The average Bonchev–Trinajstić information content (AvgIpc) is 2.93. The predicted octanol–water partition coefficient (Wildman–Crippen LogP) is 3.36. The Morgan fingerprint density at radius 1 is 0.865 bits per heavy atom. The second kappa shape index (κ2) is 13.8. The molecule has 8 heteroatoms. The molecule has 0 heterocycles. The molecule has 0 unspecified atom stereocenters. The number of nitrogens with two attached hydrogens (primary N) is 2. The maximum Gasteiger partial charge on any atom is 0.248 e. The molecular formula is C29H34N4O4. The minimum absolute atomic E-state index is 0.213. The monoisotopic (exact) mass is 502 g/mol. The Bertz CT molecular complexity index is 1160. The van der Waals surface area contributed by atoms with E-state index in [2.05, 4.69) is 10.6 Å². The third-order valence-corrected chi connectivity index (χ3v) is 5.92. The van der Waals surface area contributed by atoms with Crippen molar-refractivity contribution in [1.29, 1.82) is 0 Å². The van der Waals surface area contributed by atoms with Gasteiger partial charge >= 0.3 is 0 Å². The number of carbonyl (C=O) groups is 3. The normalized spacial score (nSPS) is 12.3. The molecule has 3 aromatic rings. The van der Waals surface area contributed by atoms with E-state index in [1.807, 2.05) is 37.3 Å². The highest BCUT2D eigenvalue weighted by Crippen LogP contribution is 2.20. The maximum absolute atomic E-state index is 13.2. The number of nitrogens with one attached hydrogen (secondary N) is 2. The van der Waals surface area contributed by atoms with Crippen LogP contribution < -0.4 is 26.8 Å². The lowest BCUT2D eigenvalue weighted by molar-refractivity contribution is -0.130. The first kappa shape index (κ1) is 27.4. The Morgan fingerprint density at radius 2 is 1.54 bits per heavy atom. The number of hydrogen-bond acceptors (Lipinski definition) is 5. The van der Waals surface area contributed by atoms with Crippen LogP contribution in [0.3, 0.4) is 0 Å². The Morgan fingerprint density at radius 3 is 2.16 bits per heavy atom. The number of ether oxygens (including phenoxy) is 1. The van der Waals surface area contributed by atoms with Gasteiger partial charge in [-0.15, -0.1) is 0 Å². The van der Waals surface area contributed by atoms with Gasteiger partial charge in [0.15, 0.2) is 0 Å². The van der Waals surface area contributed by atoms with Crippen LogP contribution in [-0.4, -0.2) is 23.8 Å². The molecule has 0 aliphatic rings. The SMILES string of the molecule is CCCC[C@H](N)C(=O)N[C@H](C(=O)NCc1ccc(C(N)=O)cc1)c1ccc(OCc2ccccc2)cc1. The highest BCUT2D eigenvalue weighted by molar-refractivity contribution is 5.93. The summed E-state index contributed by atoms with van der Waals surface area (Å²) in [5, 5.41) is 5.65. The molecule has 0 aliphatic carbocycles. The van der Waals surface area contributed by atoms with Crippen molar-refractivity contribution < 1.29 is 19.1 Å². The fraction of sp³-hybridized carbons (Fsp3) is 0.276. The van der Waals surface area contributed by atoms with Crippen LogP contribution in [-0.2, 0) is 22.7 Å². The lowest BCUT2D eigenvalue weighted by Gasteiger charge is -2.21. The Balaban J connectivity index is 1.70. The van der Waals surface area contributed by atoms with Gasteiger partial charge in [0.2, 0.25) is 17.7 Å². The van der Waals surface area contributed by atoms with Gasteiger partial charge in [0.1, 0.15) is 18.4 Å². The molecule has 0 radical (unpaired) electrons. The van der Waals surface area contributed by atoms with Crippen LogP contribution in [0, 0.1) is 0 Å². The molecular weight excluding hydrogens is 468 g/mol. The van der Waals surface area contributed by atoms with Gasteiger partial charge in [-0.3, -0.25) is 14.4 Å². The number of rotatable bonds is 13. The maximum atomic E-state index is 13.2. The lowest BCUT2D eigenvalue weighted by atomic mass is 10.0. The summed E-state index contributed by atoms with van der Waals surface area (Å²) in [6.07, 6.45) is 2.28. The molecule has 0 aliphatic heterocycles. The summed E-state index contributed by atoms with van der Waals surface area (Å²) in [4.78, 5) is 37.2. The lowest BCUT2D eigenvalue weighted by Crippen LogP contribution is -2.46. The zero-order valence-corrected chi connectivity index (χ0v) is 21.0. The van der Waals surface area contributed by atoms with Crippen LogP contribution in [0.5, 0.6) is 5.75 Å². The van der Waals surface area contributed by atoms with Crippen molar-refractivity contribution in [3.63, 3.8) is 0 Å². The summed E-state index contributed by atoms with van der Waals surface area (Å²) in [6.45, 7) is 2.66. The predicted molar refractivity (Wildman–Crippen MR) is 142 cm³/mol. The van der Waals surface area contributed by atoms with E-state index in [1.165, 1.54) is 0 Å². The topological polar surface area (TPSA) is 137 Å². The van der Waals surface area contributed by atoms with Gasteiger partial charge in [-0.25, -0.2) is 0 Å². The fourth-order valence-electron chi connectivity index (χ4n) is 3.68. The van der Waals surface area contributed by atoms with E-state index in [4.69, 9.17) is 16.2 Å². The molecule has 0 saturated carbocycles. The summed E-state index contributed by atoms with van der Waals surface area (Å²) < 4.78 is 5.84. The van der Waals surface area contributed by atoms with E-state index in [9.17, 15) is 14.4 Å². The van der Waals surface area contributed by atoms with Crippen molar-refractivity contribution in [2.24, 2.45) is 11.5 Å². The number of benzene rings is 3. The highest BCUT2D eigenvalue weighted by Gasteiger charge is 2.25. The van der Waals surface area contributed by atoms with Crippen LogP contribution in [0.25, 0.3) is 0 Å². The molecule has 8 nitrogen and oxygen atoms in total. The molecule has 2 atom stereocenters. The van der Waals surface area contributed by atoms with Crippen LogP contribution >= 0.6 is 0 Å². The summed E-state index contributed by atoms with van der Waals surface area (Å²) in [7, 11) is 0. The Labute approximate surface area is 217 Å². The molecule has 194 valence electrons. The fourth-order valence-corrected chi connectivity index (χ4v) is 3.68. The van der Waals surface area contributed by atoms with Crippen molar-refractivity contribution in [2.45, 2.75) is 51.4 Å². The number of amides is 3. The van der Waals surface area contributed by atoms with Crippen LogP contribution in [0.1, 0.15) is 59.3 Å². The standard InChI is InChI=1S/C29H34N4O4/c1-2-3-9-25(30)28(35)33-26(29(36)32-18-20-10-12-23(13-11-20)27(31)34)22-14-16-24(17-15-22)37-19-21-7-5-4-6-8-21/h4-8,10-17,25-26H,2-3,9,18-19,30H2,1H3,(H2,31,34)(H,32,36)(H,33,35)/t25-,26-/m0/s1. The molecule has 0 fully saturated rings. The van der Waals surface area contributed by atoms with Gasteiger partial charge in [-0.05, 0) is 47.4 Å². The molecule has 3 amide bonds. The van der Waals surface area contributed by atoms with E-state index < -0.39 is 18.0 Å². The minimum atomic E-state index is -0.937. The van der Waals surface area contributed by atoms with Gasteiger partial charge in [0.25, 0.3) is 0 Å². The van der Waals surface area contributed by atoms with Gasteiger partial charge < -0.3 is 26.8 Å². The number of carbonyl (C=O) groups excluding carboxylic acids is 3. The molecule has 0 saturated heterocycles. The van der Waals surface area contributed by atoms with Crippen molar-refractivity contribution in [3.05, 3.63) is 101 Å². The summed E-state index contributed by atoms with van der Waals surface area (Å²) in [5.41, 5.74) is 14.1. The second-order valence-corrected chi connectivity index (χ2v) is 8.81.